The van der Waals surface area contributed by atoms with Gasteiger partial charge in [0.2, 0.25) is 0 Å². The molecule has 2 rings (SSSR count). The first-order valence-corrected chi connectivity index (χ1v) is 7.23. The average Bonchev–Trinajstić information content (AvgIpc) is 2.48. The monoisotopic (exact) mass is 322 g/mol. The number of amides is 1. The molecular formula is C16H16Cl2N2O. The van der Waals surface area contributed by atoms with Crippen molar-refractivity contribution in [1.82, 2.24) is 4.90 Å². The number of anilines is 1. The molecule has 2 aromatic rings. The van der Waals surface area contributed by atoms with Crippen molar-refractivity contribution in [3.8, 4) is 0 Å². The fraction of sp³-hybridized carbons (Fsp3) is 0.188. The normalized spacial score (nSPS) is 10.3. The average molecular weight is 323 g/mol. The smallest absolute Gasteiger partial charge is 0.253 e. The SMILES string of the molecule is CN(C)C(=O)c1ccc(NCc2cccc(Cl)c2Cl)cc1. The molecule has 0 saturated heterocycles. The molecule has 0 aliphatic heterocycles. The summed E-state index contributed by atoms with van der Waals surface area (Å²) in [5.41, 5.74) is 2.50. The van der Waals surface area contributed by atoms with Crippen molar-refractivity contribution < 1.29 is 4.79 Å². The van der Waals surface area contributed by atoms with Crippen LogP contribution in [0.2, 0.25) is 10.0 Å². The van der Waals surface area contributed by atoms with E-state index in [4.69, 9.17) is 23.2 Å². The Labute approximate surface area is 134 Å². The van der Waals surface area contributed by atoms with Gasteiger partial charge in [0.25, 0.3) is 5.91 Å². The maximum Gasteiger partial charge on any atom is 0.253 e. The van der Waals surface area contributed by atoms with Crippen molar-refractivity contribution >= 4 is 34.8 Å². The second-order valence-corrected chi connectivity index (χ2v) is 5.63. The first-order valence-electron chi connectivity index (χ1n) is 6.47. The van der Waals surface area contributed by atoms with Gasteiger partial charge in [-0.05, 0) is 35.9 Å². The van der Waals surface area contributed by atoms with E-state index in [-0.39, 0.29) is 5.91 Å². The largest absolute Gasteiger partial charge is 0.381 e. The quantitative estimate of drug-likeness (QED) is 0.909. The van der Waals surface area contributed by atoms with E-state index in [2.05, 4.69) is 5.32 Å². The maximum atomic E-state index is 11.8. The summed E-state index contributed by atoms with van der Waals surface area (Å²) in [6.07, 6.45) is 0. The summed E-state index contributed by atoms with van der Waals surface area (Å²) in [7, 11) is 3.46. The van der Waals surface area contributed by atoms with Crippen molar-refractivity contribution in [2.24, 2.45) is 0 Å². The van der Waals surface area contributed by atoms with Gasteiger partial charge in [0, 0.05) is 31.9 Å². The van der Waals surface area contributed by atoms with Crippen LogP contribution >= 0.6 is 23.2 Å². The van der Waals surface area contributed by atoms with Crippen LogP contribution in [-0.4, -0.2) is 24.9 Å². The second-order valence-electron chi connectivity index (χ2n) is 4.84. The molecule has 0 bridgehead atoms. The van der Waals surface area contributed by atoms with Crippen molar-refractivity contribution in [2.45, 2.75) is 6.54 Å². The molecule has 0 heterocycles. The maximum absolute atomic E-state index is 11.8. The minimum atomic E-state index is -0.0144. The van der Waals surface area contributed by atoms with E-state index in [1.807, 2.05) is 24.3 Å². The second kappa shape index (κ2) is 6.83. The fourth-order valence-electron chi connectivity index (χ4n) is 1.87. The molecule has 0 aromatic heterocycles. The van der Waals surface area contributed by atoms with Gasteiger partial charge in [0.05, 0.1) is 10.0 Å². The molecule has 0 saturated carbocycles. The predicted octanol–water partition coefficient (Wildman–Crippen LogP) is 4.31. The highest BCUT2D eigenvalue weighted by Gasteiger charge is 2.07. The van der Waals surface area contributed by atoms with Crippen LogP contribution in [0.15, 0.2) is 42.5 Å². The topological polar surface area (TPSA) is 32.3 Å². The molecule has 0 aliphatic rings. The number of benzene rings is 2. The first kappa shape index (κ1) is 15.7. The van der Waals surface area contributed by atoms with Gasteiger partial charge in [0.1, 0.15) is 0 Å². The van der Waals surface area contributed by atoms with Crippen molar-refractivity contribution in [3.05, 3.63) is 63.6 Å². The van der Waals surface area contributed by atoms with Gasteiger partial charge in [-0.15, -0.1) is 0 Å². The van der Waals surface area contributed by atoms with E-state index >= 15 is 0 Å². The van der Waals surface area contributed by atoms with Gasteiger partial charge in [-0.3, -0.25) is 4.79 Å². The fourth-order valence-corrected chi connectivity index (χ4v) is 2.26. The first-order chi connectivity index (χ1) is 9.99. The molecule has 110 valence electrons. The number of hydrogen-bond acceptors (Lipinski definition) is 2. The van der Waals surface area contributed by atoms with Gasteiger partial charge in [-0.2, -0.15) is 0 Å². The number of hydrogen-bond donors (Lipinski definition) is 1. The number of nitrogens with zero attached hydrogens (tertiary/aromatic N) is 1. The minimum Gasteiger partial charge on any atom is -0.381 e. The van der Waals surface area contributed by atoms with E-state index in [1.165, 1.54) is 0 Å². The van der Waals surface area contributed by atoms with Crippen LogP contribution in [0, 0.1) is 0 Å². The lowest BCUT2D eigenvalue weighted by atomic mass is 10.1. The molecule has 5 heteroatoms. The molecule has 0 radical (unpaired) electrons. The third-order valence-electron chi connectivity index (χ3n) is 3.05. The molecule has 1 N–H and O–H groups in total. The van der Waals surface area contributed by atoms with Gasteiger partial charge in [0.15, 0.2) is 0 Å². The zero-order chi connectivity index (χ0) is 15.4. The Bertz CT molecular complexity index is 639. The van der Waals surface area contributed by atoms with Gasteiger partial charge < -0.3 is 10.2 Å². The standard InChI is InChI=1S/C16H16Cl2N2O/c1-20(2)16(21)11-6-8-13(9-7-11)19-10-12-4-3-5-14(17)15(12)18/h3-9,19H,10H2,1-2H3. The summed E-state index contributed by atoms with van der Waals surface area (Å²) in [6.45, 7) is 0.570. The Morgan fingerprint density at radius 2 is 1.76 bits per heavy atom. The lowest BCUT2D eigenvalue weighted by Crippen LogP contribution is -2.21. The van der Waals surface area contributed by atoms with E-state index in [0.29, 0.717) is 22.2 Å². The van der Waals surface area contributed by atoms with Crippen LogP contribution in [0.4, 0.5) is 5.69 Å². The zero-order valence-corrected chi connectivity index (χ0v) is 13.4. The molecule has 0 atom stereocenters. The van der Waals surface area contributed by atoms with Crippen molar-refractivity contribution in [3.63, 3.8) is 0 Å². The molecule has 0 aliphatic carbocycles. The summed E-state index contributed by atoms with van der Waals surface area (Å²) in [4.78, 5) is 13.3. The molecule has 0 spiro atoms. The number of halogens is 2. The molecule has 2 aromatic carbocycles. The van der Waals surface area contributed by atoms with Crippen molar-refractivity contribution in [2.75, 3.05) is 19.4 Å². The van der Waals surface area contributed by atoms with Crippen molar-refractivity contribution in [1.29, 1.82) is 0 Å². The highest BCUT2D eigenvalue weighted by molar-refractivity contribution is 6.42. The molecule has 3 nitrogen and oxygen atoms in total. The van der Waals surface area contributed by atoms with Crippen LogP contribution in [0.3, 0.4) is 0 Å². The van der Waals surface area contributed by atoms with E-state index in [1.54, 1.807) is 37.2 Å². The van der Waals surface area contributed by atoms with E-state index < -0.39 is 0 Å². The van der Waals surface area contributed by atoms with Gasteiger partial charge >= 0.3 is 0 Å². The summed E-state index contributed by atoms with van der Waals surface area (Å²) < 4.78 is 0. The Morgan fingerprint density at radius 3 is 2.38 bits per heavy atom. The number of carbonyl (C=O) groups is 1. The lowest BCUT2D eigenvalue weighted by molar-refractivity contribution is 0.0827. The van der Waals surface area contributed by atoms with Crippen LogP contribution in [0.5, 0.6) is 0 Å². The summed E-state index contributed by atoms with van der Waals surface area (Å²) in [6, 6.07) is 12.9. The summed E-state index contributed by atoms with van der Waals surface area (Å²) in [5.74, 6) is -0.0144. The highest BCUT2D eigenvalue weighted by atomic mass is 35.5. The third kappa shape index (κ3) is 3.90. The zero-order valence-electron chi connectivity index (χ0n) is 11.9. The Kier molecular flexibility index (Phi) is 5.10. The van der Waals surface area contributed by atoms with Crippen LogP contribution in [0.1, 0.15) is 15.9 Å². The molecule has 0 unspecified atom stereocenters. The number of nitrogens with one attached hydrogen (secondary N) is 1. The molecule has 21 heavy (non-hydrogen) atoms. The van der Waals surface area contributed by atoms with E-state index in [0.717, 1.165) is 11.3 Å². The molecular weight excluding hydrogens is 307 g/mol. The number of rotatable bonds is 4. The predicted molar refractivity (Wildman–Crippen MR) is 88.2 cm³/mol. The third-order valence-corrected chi connectivity index (χ3v) is 3.91. The van der Waals surface area contributed by atoms with Gasteiger partial charge in [-0.25, -0.2) is 0 Å². The Hall–Kier alpha value is -1.71. The molecule has 1 amide bonds. The van der Waals surface area contributed by atoms with Crippen LogP contribution in [-0.2, 0) is 6.54 Å². The van der Waals surface area contributed by atoms with Crippen LogP contribution in [0.25, 0.3) is 0 Å². The molecule has 0 fully saturated rings. The van der Waals surface area contributed by atoms with Crippen LogP contribution < -0.4 is 5.32 Å². The lowest BCUT2D eigenvalue weighted by Gasteiger charge is -2.12. The van der Waals surface area contributed by atoms with Gasteiger partial charge in [-0.1, -0.05) is 35.3 Å². The Morgan fingerprint density at radius 1 is 1.10 bits per heavy atom. The highest BCUT2D eigenvalue weighted by Crippen LogP contribution is 2.26. The minimum absolute atomic E-state index is 0.0144. The Balaban J connectivity index is 2.04. The number of carbonyl (C=O) groups excluding carboxylic acids is 1. The van der Waals surface area contributed by atoms with E-state index in [9.17, 15) is 4.79 Å². The summed E-state index contributed by atoms with van der Waals surface area (Å²) >= 11 is 12.1. The summed E-state index contributed by atoms with van der Waals surface area (Å²) in [5, 5.41) is 4.36.